The summed E-state index contributed by atoms with van der Waals surface area (Å²) in [5.41, 5.74) is 3.09. The monoisotopic (exact) mass is 256 g/mol. The van der Waals surface area contributed by atoms with Gasteiger partial charge in [-0.1, -0.05) is 24.3 Å². The Hall–Kier alpha value is -1.35. The summed E-state index contributed by atoms with van der Waals surface area (Å²) in [4.78, 5) is 12.4. The number of aryl methyl sites for hydroxylation is 1. The largest absolute Gasteiger partial charge is 0.352 e. The number of rotatable bonds is 2. The topological polar surface area (TPSA) is 41.1 Å². The lowest BCUT2D eigenvalue weighted by Crippen LogP contribution is -2.38. The molecule has 3 nitrogen and oxygen atoms in total. The highest BCUT2D eigenvalue weighted by Crippen LogP contribution is 2.61. The Morgan fingerprint density at radius 1 is 1.37 bits per heavy atom. The van der Waals surface area contributed by atoms with E-state index >= 15 is 0 Å². The van der Waals surface area contributed by atoms with Gasteiger partial charge in [0.25, 0.3) is 0 Å². The van der Waals surface area contributed by atoms with Gasteiger partial charge in [-0.15, -0.1) is 0 Å². The fourth-order valence-corrected chi connectivity index (χ4v) is 4.02. The summed E-state index contributed by atoms with van der Waals surface area (Å²) in [6.45, 7) is 1.96. The Labute approximate surface area is 113 Å². The number of carbonyl (C=O) groups excluding carboxylic acids is 1. The highest BCUT2D eigenvalue weighted by Gasteiger charge is 2.61. The van der Waals surface area contributed by atoms with Crippen molar-refractivity contribution in [1.29, 1.82) is 0 Å². The second-order valence-electron chi connectivity index (χ2n) is 6.27. The lowest BCUT2D eigenvalue weighted by atomic mass is 9.95. The summed E-state index contributed by atoms with van der Waals surface area (Å²) in [6, 6.07) is 9.02. The van der Waals surface area contributed by atoms with Crippen LogP contribution in [0, 0.1) is 5.92 Å². The third kappa shape index (κ3) is 1.71. The molecule has 1 saturated heterocycles. The summed E-state index contributed by atoms with van der Waals surface area (Å²) in [5.74, 6) is 0.502. The summed E-state index contributed by atoms with van der Waals surface area (Å²) < 4.78 is 0. The molecular formula is C16H20N2O. The molecule has 0 bridgehead atoms. The van der Waals surface area contributed by atoms with Crippen LogP contribution in [-0.4, -0.2) is 25.0 Å². The number of hydrogen-bond acceptors (Lipinski definition) is 2. The van der Waals surface area contributed by atoms with Gasteiger partial charge in [0.05, 0.1) is 0 Å². The maximum atomic E-state index is 12.4. The van der Waals surface area contributed by atoms with Gasteiger partial charge in [0.1, 0.15) is 0 Å². The van der Waals surface area contributed by atoms with Crippen LogP contribution in [0.25, 0.3) is 0 Å². The maximum absolute atomic E-state index is 12.4. The zero-order chi connectivity index (χ0) is 12.9. The van der Waals surface area contributed by atoms with Crippen molar-refractivity contribution in [2.45, 2.75) is 37.1 Å². The van der Waals surface area contributed by atoms with Crippen molar-refractivity contribution < 1.29 is 4.79 Å². The number of amides is 1. The predicted molar refractivity (Wildman–Crippen MR) is 74.0 cm³/mol. The van der Waals surface area contributed by atoms with Crippen LogP contribution in [0.2, 0.25) is 0 Å². The fraction of sp³-hybridized carbons (Fsp3) is 0.562. The molecule has 4 rings (SSSR count). The van der Waals surface area contributed by atoms with E-state index in [4.69, 9.17) is 0 Å². The zero-order valence-corrected chi connectivity index (χ0v) is 11.1. The van der Waals surface area contributed by atoms with E-state index in [2.05, 4.69) is 34.9 Å². The smallest absolute Gasteiger partial charge is 0.224 e. The van der Waals surface area contributed by atoms with Crippen molar-refractivity contribution >= 4 is 5.91 Å². The van der Waals surface area contributed by atoms with Crippen molar-refractivity contribution in [3.05, 3.63) is 35.4 Å². The molecule has 0 aromatic heterocycles. The normalized spacial score (nSPS) is 35.4. The molecule has 3 heteroatoms. The quantitative estimate of drug-likeness (QED) is 0.839. The molecule has 1 aromatic rings. The first-order valence-corrected chi connectivity index (χ1v) is 7.39. The molecule has 2 aliphatic carbocycles. The number of fused-ring (bicyclic) bond motifs is 2. The van der Waals surface area contributed by atoms with Crippen LogP contribution in [0.4, 0.5) is 0 Å². The number of nitrogens with one attached hydrogen (secondary N) is 2. The molecule has 2 N–H and O–H groups in total. The Morgan fingerprint density at radius 3 is 3.11 bits per heavy atom. The number of hydrogen-bond donors (Lipinski definition) is 2. The summed E-state index contributed by atoms with van der Waals surface area (Å²) >= 11 is 0. The Bertz CT molecular complexity index is 521. The van der Waals surface area contributed by atoms with Gasteiger partial charge in [-0.25, -0.2) is 0 Å². The van der Waals surface area contributed by atoms with E-state index in [-0.39, 0.29) is 17.2 Å². The first-order valence-electron chi connectivity index (χ1n) is 7.39. The summed E-state index contributed by atoms with van der Waals surface area (Å²) in [5, 5.41) is 6.52. The average Bonchev–Trinajstić information content (AvgIpc) is 2.76. The van der Waals surface area contributed by atoms with E-state index in [1.54, 1.807) is 0 Å². The standard InChI is InChI=1S/C16H20N2O/c19-15(18-12-6-8-17-10-12)14-9-16(14)7-5-11-3-1-2-4-13(11)16/h1-4,12,14,17H,5-10H2,(H,18,19). The Balaban J connectivity index is 1.50. The molecule has 100 valence electrons. The lowest BCUT2D eigenvalue weighted by Gasteiger charge is -2.14. The van der Waals surface area contributed by atoms with Gasteiger partial charge in [0.15, 0.2) is 0 Å². The fourth-order valence-electron chi connectivity index (χ4n) is 4.02. The second kappa shape index (κ2) is 4.07. The van der Waals surface area contributed by atoms with Crippen LogP contribution in [0.15, 0.2) is 24.3 Å². The van der Waals surface area contributed by atoms with Crippen LogP contribution < -0.4 is 10.6 Å². The van der Waals surface area contributed by atoms with Gasteiger partial charge in [0, 0.05) is 23.9 Å². The molecule has 19 heavy (non-hydrogen) atoms. The van der Waals surface area contributed by atoms with Crippen LogP contribution in [0.1, 0.15) is 30.4 Å². The molecule has 1 aromatic carbocycles. The molecule has 1 aliphatic heterocycles. The van der Waals surface area contributed by atoms with E-state index in [9.17, 15) is 4.79 Å². The Kier molecular flexibility index (Phi) is 2.46. The number of carbonyl (C=O) groups is 1. The minimum atomic E-state index is 0.187. The third-order valence-electron chi connectivity index (χ3n) is 5.19. The van der Waals surface area contributed by atoms with Crippen molar-refractivity contribution in [2.24, 2.45) is 5.92 Å². The zero-order valence-electron chi connectivity index (χ0n) is 11.1. The molecule has 3 aliphatic rings. The molecule has 1 amide bonds. The second-order valence-corrected chi connectivity index (χ2v) is 6.27. The van der Waals surface area contributed by atoms with Crippen molar-refractivity contribution in [1.82, 2.24) is 10.6 Å². The third-order valence-corrected chi connectivity index (χ3v) is 5.19. The molecule has 3 atom stereocenters. The minimum absolute atomic E-state index is 0.187. The van der Waals surface area contributed by atoms with E-state index in [0.717, 1.165) is 38.8 Å². The van der Waals surface area contributed by atoms with Crippen LogP contribution in [0.3, 0.4) is 0 Å². The van der Waals surface area contributed by atoms with Crippen LogP contribution >= 0.6 is 0 Å². The Morgan fingerprint density at radius 2 is 2.26 bits per heavy atom. The molecule has 1 heterocycles. The molecule has 0 radical (unpaired) electrons. The summed E-state index contributed by atoms with van der Waals surface area (Å²) in [6.07, 6.45) is 4.43. The van der Waals surface area contributed by atoms with E-state index in [0.29, 0.717) is 6.04 Å². The number of benzene rings is 1. The van der Waals surface area contributed by atoms with Crippen molar-refractivity contribution in [2.75, 3.05) is 13.1 Å². The van der Waals surface area contributed by atoms with E-state index < -0.39 is 0 Å². The highest BCUT2D eigenvalue weighted by molar-refractivity contribution is 5.85. The highest BCUT2D eigenvalue weighted by atomic mass is 16.2. The summed E-state index contributed by atoms with van der Waals surface area (Å²) in [7, 11) is 0. The molecular weight excluding hydrogens is 236 g/mol. The first-order chi connectivity index (χ1) is 9.29. The molecule has 3 unspecified atom stereocenters. The molecule has 2 fully saturated rings. The minimum Gasteiger partial charge on any atom is -0.352 e. The van der Waals surface area contributed by atoms with Crippen molar-refractivity contribution in [3.63, 3.8) is 0 Å². The predicted octanol–water partition coefficient (Wildman–Crippen LogP) is 1.37. The lowest BCUT2D eigenvalue weighted by molar-refractivity contribution is -0.123. The van der Waals surface area contributed by atoms with E-state index in [1.807, 2.05) is 0 Å². The van der Waals surface area contributed by atoms with Gasteiger partial charge < -0.3 is 10.6 Å². The van der Waals surface area contributed by atoms with Gasteiger partial charge >= 0.3 is 0 Å². The van der Waals surface area contributed by atoms with Crippen molar-refractivity contribution in [3.8, 4) is 0 Å². The molecule has 1 spiro atoms. The van der Waals surface area contributed by atoms with E-state index in [1.165, 1.54) is 11.1 Å². The average molecular weight is 256 g/mol. The van der Waals surface area contributed by atoms with Gasteiger partial charge in [-0.05, 0) is 43.4 Å². The molecule has 1 saturated carbocycles. The van der Waals surface area contributed by atoms with Gasteiger partial charge in [-0.2, -0.15) is 0 Å². The SMILES string of the molecule is O=C(NC1CCNC1)C1CC12CCc1ccccc12. The first kappa shape index (κ1) is 11.5. The van der Waals surface area contributed by atoms with Gasteiger partial charge in [0.2, 0.25) is 5.91 Å². The maximum Gasteiger partial charge on any atom is 0.224 e. The van der Waals surface area contributed by atoms with Crippen LogP contribution in [-0.2, 0) is 16.6 Å². The van der Waals surface area contributed by atoms with Crippen LogP contribution in [0.5, 0.6) is 0 Å². The van der Waals surface area contributed by atoms with Gasteiger partial charge in [-0.3, -0.25) is 4.79 Å².